The van der Waals surface area contributed by atoms with E-state index in [2.05, 4.69) is 0 Å². The minimum atomic E-state index is -0.397. The summed E-state index contributed by atoms with van der Waals surface area (Å²) < 4.78 is 30.0. The Morgan fingerprint density at radius 3 is 2.21 bits per heavy atom. The van der Waals surface area contributed by atoms with Crippen molar-refractivity contribution < 1.29 is 27.9 Å². The predicted octanol–water partition coefficient (Wildman–Crippen LogP) is 5.67. The maximum atomic E-state index is 13.9. The van der Waals surface area contributed by atoms with E-state index in [1.807, 2.05) is 13.8 Å². The summed E-state index contributed by atoms with van der Waals surface area (Å²) in [6.45, 7) is 4.24. The first-order valence-electron chi connectivity index (χ1n) is 13.7. The number of ether oxygens (including phenoxy) is 2. The van der Waals surface area contributed by atoms with Gasteiger partial charge in [0.25, 0.3) is 5.91 Å². The largest absolute Gasteiger partial charge is 0.497 e. The fourth-order valence-electron chi connectivity index (χ4n) is 4.52. The number of fused-ring (bicyclic) bond motifs is 1. The molecule has 3 aromatic carbocycles. The zero-order chi connectivity index (χ0) is 30.2. The van der Waals surface area contributed by atoms with Crippen molar-refractivity contribution in [2.24, 2.45) is 5.92 Å². The molecule has 0 saturated heterocycles. The maximum absolute atomic E-state index is 13.9. The van der Waals surface area contributed by atoms with Crippen molar-refractivity contribution in [3.63, 3.8) is 0 Å². The Hall–Kier alpha value is -4.66. The van der Waals surface area contributed by atoms with Crippen LogP contribution in [0.3, 0.4) is 0 Å². The molecule has 220 valence electrons. The van der Waals surface area contributed by atoms with Crippen LogP contribution in [0.1, 0.15) is 41.8 Å². The average Bonchev–Trinajstić information content (AvgIpc) is 3.00. The van der Waals surface area contributed by atoms with Crippen LogP contribution in [0.2, 0.25) is 0 Å². The van der Waals surface area contributed by atoms with Crippen LogP contribution in [0.5, 0.6) is 11.5 Å². The molecule has 0 aliphatic heterocycles. The van der Waals surface area contributed by atoms with E-state index in [0.717, 1.165) is 0 Å². The number of amides is 2. The SMILES string of the molecule is COc1cc(OC)cc(C(=O)N(CCC(C)C)CC(=O)N(Cc2ccc(F)cc2)Cc2coc3ccccc3c2=O)c1. The Labute approximate surface area is 244 Å². The van der Waals surface area contributed by atoms with E-state index in [1.54, 1.807) is 54.6 Å². The van der Waals surface area contributed by atoms with Crippen LogP contribution in [-0.2, 0) is 17.9 Å². The molecule has 0 aliphatic carbocycles. The van der Waals surface area contributed by atoms with E-state index in [4.69, 9.17) is 13.9 Å². The van der Waals surface area contributed by atoms with Crippen molar-refractivity contribution in [3.05, 3.63) is 106 Å². The average molecular weight is 575 g/mol. The Morgan fingerprint density at radius 1 is 0.905 bits per heavy atom. The lowest BCUT2D eigenvalue weighted by Gasteiger charge is -2.28. The van der Waals surface area contributed by atoms with Crippen molar-refractivity contribution in [1.82, 2.24) is 9.80 Å². The minimum Gasteiger partial charge on any atom is -0.497 e. The van der Waals surface area contributed by atoms with Gasteiger partial charge in [-0.3, -0.25) is 14.4 Å². The quantitative estimate of drug-likeness (QED) is 0.217. The summed E-state index contributed by atoms with van der Waals surface area (Å²) in [4.78, 5) is 43.9. The molecule has 9 heteroatoms. The third-order valence-electron chi connectivity index (χ3n) is 6.94. The van der Waals surface area contributed by atoms with Gasteiger partial charge in [-0.05, 0) is 54.3 Å². The van der Waals surface area contributed by atoms with Crippen molar-refractivity contribution in [2.45, 2.75) is 33.4 Å². The molecule has 2 amide bonds. The fraction of sp³-hybridized carbons (Fsp3) is 0.303. The summed E-state index contributed by atoms with van der Waals surface area (Å²) in [7, 11) is 3.00. The first kappa shape index (κ1) is 30.3. The standard InChI is InChI=1S/C33H35FN2O6/c1-22(2)13-14-35(33(39)24-15-27(40-3)17-28(16-24)41-4)20-31(37)36(18-23-9-11-26(34)12-10-23)19-25-21-42-30-8-6-5-7-29(30)32(25)38/h5-12,15-17,21-22H,13-14,18-20H2,1-4H3. The number of carbonyl (C=O) groups excluding carboxylic acids is 2. The molecule has 0 bridgehead atoms. The van der Waals surface area contributed by atoms with Gasteiger partial charge in [0.05, 0.1) is 38.0 Å². The second-order valence-corrected chi connectivity index (χ2v) is 10.5. The summed E-state index contributed by atoms with van der Waals surface area (Å²) in [6.07, 6.45) is 2.03. The van der Waals surface area contributed by atoms with Crippen molar-refractivity contribution in [1.29, 1.82) is 0 Å². The lowest BCUT2D eigenvalue weighted by atomic mass is 10.1. The molecular weight excluding hydrogens is 539 g/mol. The Kier molecular flexibility index (Phi) is 9.96. The van der Waals surface area contributed by atoms with E-state index >= 15 is 0 Å². The van der Waals surface area contributed by atoms with Gasteiger partial charge in [0.2, 0.25) is 5.91 Å². The van der Waals surface area contributed by atoms with E-state index in [-0.39, 0.29) is 42.8 Å². The number of rotatable bonds is 12. The Bertz CT molecular complexity index is 1580. The first-order chi connectivity index (χ1) is 20.2. The number of nitrogens with zero attached hydrogens (tertiary/aromatic N) is 2. The minimum absolute atomic E-state index is 0.0530. The second kappa shape index (κ2) is 13.8. The molecule has 1 heterocycles. The number of halogens is 1. The Morgan fingerprint density at radius 2 is 1.57 bits per heavy atom. The zero-order valence-electron chi connectivity index (χ0n) is 24.3. The van der Waals surface area contributed by atoms with Crippen LogP contribution in [0.4, 0.5) is 4.39 Å². The monoisotopic (exact) mass is 574 g/mol. The van der Waals surface area contributed by atoms with Gasteiger partial charge in [-0.25, -0.2) is 4.39 Å². The molecule has 0 spiro atoms. The molecule has 0 N–H and O–H groups in total. The molecule has 0 saturated carbocycles. The third-order valence-corrected chi connectivity index (χ3v) is 6.94. The predicted molar refractivity (Wildman–Crippen MR) is 158 cm³/mol. The molecule has 42 heavy (non-hydrogen) atoms. The normalized spacial score (nSPS) is 11.0. The number of hydrogen-bond acceptors (Lipinski definition) is 6. The highest BCUT2D eigenvalue weighted by molar-refractivity contribution is 5.97. The van der Waals surface area contributed by atoms with Crippen LogP contribution < -0.4 is 14.9 Å². The van der Waals surface area contributed by atoms with Crippen LogP contribution in [0.25, 0.3) is 11.0 Å². The summed E-state index contributed by atoms with van der Waals surface area (Å²) in [6, 6.07) is 17.6. The van der Waals surface area contributed by atoms with E-state index in [9.17, 15) is 18.8 Å². The molecule has 0 radical (unpaired) electrons. The first-order valence-corrected chi connectivity index (χ1v) is 13.7. The topological polar surface area (TPSA) is 89.3 Å². The second-order valence-electron chi connectivity index (χ2n) is 10.5. The van der Waals surface area contributed by atoms with Crippen molar-refractivity contribution >= 4 is 22.8 Å². The lowest BCUT2D eigenvalue weighted by molar-refractivity contribution is -0.133. The van der Waals surface area contributed by atoms with E-state index in [1.165, 1.54) is 42.4 Å². The molecule has 4 aromatic rings. The fourth-order valence-corrected chi connectivity index (χ4v) is 4.52. The molecule has 0 fully saturated rings. The third kappa shape index (κ3) is 7.54. The molecule has 8 nitrogen and oxygen atoms in total. The van der Waals surface area contributed by atoms with Gasteiger partial charge in [-0.2, -0.15) is 0 Å². The summed E-state index contributed by atoms with van der Waals surface area (Å²) in [5.41, 5.74) is 1.49. The summed E-state index contributed by atoms with van der Waals surface area (Å²) in [5, 5.41) is 0.407. The van der Waals surface area contributed by atoms with Crippen molar-refractivity contribution in [2.75, 3.05) is 27.3 Å². The lowest BCUT2D eigenvalue weighted by Crippen LogP contribution is -2.43. The van der Waals surface area contributed by atoms with Gasteiger partial charge in [0, 0.05) is 24.7 Å². The van der Waals surface area contributed by atoms with Crippen molar-refractivity contribution in [3.8, 4) is 11.5 Å². The van der Waals surface area contributed by atoms with E-state index in [0.29, 0.717) is 52.1 Å². The van der Waals surface area contributed by atoms with Gasteiger partial charge >= 0.3 is 0 Å². The highest BCUT2D eigenvalue weighted by atomic mass is 19.1. The molecule has 0 atom stereocenters. The number of hydrogen-bond donors (Lipinski definition) is 0. The number of benzene rings is 3. The molecule has 0 aliphatic rings. The van der Waals surface area contributed by atoms with Gasteiger partial charge in [0.15, 0.2) is 5.43 Å². The smallest absolute Gasteiger partial charge is 0.254 e. The number of methoxy groups -OCH3 is 2. The number of carbonyl (C=O) groups is 2. The van der Waals surface area contributed by atoms with Gasteiger partial charge in [-0.1, -0.05) is 38.1 Å². The molecule has 4 rings (SSSR count). The highest BCUT2D eigenvalue weighted by Gasteiger charge is 2.25. The van der Waals surface area contributed by atoms with Crippen LogP contribution in [0.15, 0.2) is 82.2 Å². The Balaban J connectivity index is 1.66. The molecule has 0 unspecified atom stereocenters. The highest BCUT2D eigenvalue weighted by Crippen LogP contribution is 2.24. The molecular formula is C33H35FN2O6. The van der Waals surface area contributed by atoms with Crippen LogP contribution in [0, 0.1) is 11.7 Å². The number of para-hydroxylation sites is 1. The zero-order valence-corrected chi connectivity index (χ0v) is 24.3. The van der Waals surface area contributed by atoms with Crippen LogP contribution >= 0.6 is 0 Å². The van der Waals surface area contributed by atoms with Gasteiger partial charge in [-0.15, -0.1) is 0 Å². The van der Waals surface area contributed by atoms with E-state index < -0.39 is 5.82 Å². The maximum Gasteiger partial charge on any atom is 0.254 e. The van der Waals surface area contributed by atoms with Gasteiger partial charge in [0.1, 0.15) is 29.4 Å². The van der Waals surface area contributed by atoms with Crippen LogP contribution in [-0.4, -0.2) is 48.9 Å². The summed E-state index contributed by atoms with van der Waals surface area (Å²) in [5.74, 6) is 0.0633. The summed E-state index contributed by atoms with van der Waals surface area (Å²) >= 11 is 0. The molecule has 1 aromatic heterocycles. The van der Waals surface area contributed by atoms with Gasteiger partial charge < -0.3 is 23.7 Å².